The Morgan fingerprint density at radius 1 is 1.37 bits per heavy atom. The summed E-state index contributed by atoms with van der Waals surface area (Å²) in [5.41, 5.74) is 6.40. The quantitative estimate of drug-likeness (QED) is 0.840. The maximum absolute atomic E-state index is 12.4. The van der Waals surface area contributed by atoms with Crippen molar-refractivity contribution in [2.75, 3.05) is 7.05 Å². The first-order valence-electron chi connectivity index (χ1n) is 6.26. The minimum atomic E-state index is -3.38. The fraction of sp³-hybridized carbons (Fsp3) is 0.462. The molecule has 0 bridgehead atoms. The van der Waals surface area contributed by atoms with Gasteiger partial charge in [0, 0.05) is 19.5 Å². The van der Waals surface area contributed by atoms with Gasteiger partial charge in [0.2, 0.25) is 10.0 Å². The highest BCUT2D eigenvalue weighted by Gasteiger charge is 2.31. The summed E-state index contributed by atoms with van der Waals surface area (Å²) in [5.74, 6) is 0. The SMILES string of the molecule is CN(C1CCC1)S(=O)(=O)c1ccc(CC(N)=S)cc1. The van der Waals surface area contributed by atoms with Crippen LogP contribution in [0.1, 0.15) is 24.8 Å². The molecule has 104 valence electrons. The average Bonchev–Trinajstić information content (AvgIpc) is 2.26. The third-order valence-corrected chi connectivity index (χ3v) is 5.64. The largest absolute Gasteiger partial charge is 0.393 e. The predicted octanol–water partition coefficient (Wildman–Crippen LogP) is 1.69. The zero-order valence-electron chi connectivity index (χ0n) is 10.9. The summed E-state index contributed by atoms with van der Waals surface area (Å²) in [7, 11) is -1.72. The van der Waals surface area contributed by atoms with Crippen molar-refractivity contribution in [3.05, 3.63) is 29.8 Å². The highest BCUT2D eigenvalue weighted by molar-refractivity contribution is 7.89. The Hall–Kier alpha value is -0.980. The van der Waals surface area contributed by atoms with Gasteiger partial charge in [0.1, 0.15) is 0 Å². The van der Waals surface area contributed by atoms with Gasteiger partial charge in [0.05, 0.1) is 9.88 Å². The Morgan fingerprint density at radius 3 is 2.37 bits per heavy atom. The van der Waals surface area contributed by atoms with Crippen LogP contribution in [0, 0.1) is 0 Å². The number of nitrogens with two attached hydrogens (primary N) is 1. The van der Waals surface area contributed by atoms with E-state index in [4.69, 9.17) is 18.0 Å². The van der Waals surface area contributed by atoms with Gasteiger partial charge < -0.3 is 5.73 Å². The van der Waals surface area contributed by atoms with Gasteiger partial charge >= 0.3 is 0 Å². The maximum Gasteiger partial charge on any atom is 0.243 e. The van der Waals surface area contributed by atoms with Gasteiger partial charge in [0.15, 0.2) is 0 Å². The number of hydrogen-bond acceptors (Lipinski definition) is 3. The van der Waals surface area contributed by atoms with E-state index in [0.29, 0.717) is 16.3 Å². The summed E-state index contributed by atoms with van der Waals surface area (Å²) in [6, 6.07) is 6.93. The van der Waals surface area contributed by atoms with Crippen LogP contribution in [0.25, 0.3) is 0 Å². The van der Waals surface area contributed by atoms with E-state index in [2.05, 4.69) is 0 Å². The van der Waals surface area contributed by atoms with E-state index in [1.165, 1.54) is 4.31 Å². The van der Waals surface area contributed by atoms with Gasteiger partial charge in [-0.3, -0.25) is 0 Å². The van der Waals surface area contributed by atoms with Gasteiger partial charge in [-0.15, -0.1) is 0 Å². The molecular weight excluding hydrogens is 280 g/mol. The average molecular weight is 298 g/mol. The van der Waals surface area contributed by atoms with Crippen molar-refractivity contribution < 1.29 is 8.42 Å². The molecule has 6 heteroatoms. The molecule has 1 fully saturated rings. The molecule has 0 saturated heterocycles. The molecule has 1 aliphatic rings. The molecular formula is C13H18N2O2S2. The first kappa shape index (κ1) is 14.4. The second-order valence-electron chi connectivity index (χ2n) is 4.89. The number of hydrogen-bond donors (Lipinski definition) is 1. The lowest BCUT2D eigenvalue weighted by Gasteiger charge is -2.33. The van der Waals surface area contributed by atoms with E-state index >= 15 is 0 Å². The molecule has 4 nitrogen and oxygen atoms in total. The van der Waals surface area contributed by atoms with Crippen molar-refractivity contribution >= 4 is 27.2 Å². The number of thiocarbonyl (C=S) groups is 1. The normalized spacial score (nSPS) is 16.3. The fourth-order valence-electron chi connectivity index (χ4n) is 2.09. The van der Waals surface area contributed by atoms with Crippen LogP contribution in [-0.4, -0.2) is 30.8 Å². The second kappa shape index (κ2) is 5.56. The smallest absolute Gasteiger partial charge is 0.243 e. The van der Waals surface area contributed by atoms with Crippen molar-refractivity contribution in [1.29, 1.82) is 0 Å². The van der Waals surface area contributed by atoms with Crippen LogP contribution in [0.15, 0.2) is 29.2 Å². The van der Waals surface area contributed by atoms with Crippen LogP contribution in [0.4, 0.5) is 0 Å². The van der Waals surface area contributed by atoms with Crippen LogP contribution in [0.2, 0.25) is 0 Å². The molecule has 0 spiro atoms. The van der Waals surface area contributed by atoms with Crippen LogP contribution < -0.4 is 5.73 Å². The highest BCUT2D eigenvalue weighted by Crippen LogP contribution is 2.28. The molecule has 0 radical (unpaired) electrons. The summed E-state index contributed by atoms with van der Waals surface area (Å²) >= 11 is 4.83. The Balaban J connectivity index is 2.18. The maximum atomic E-state index is 12.4. The van der Waals surface area contributed by atoms with Gasteiger partial charge in [0.25, 0.3) is 0 Å². The monoisotopic (exact) mass is 298 g/mol. The zero-order chi connectivity index (χ0) is 14.0. The van der Waals surface area contributed by atoms with Gasteiger partial charge in [-0.2, -0.15) is 4.31 Å². The fourth-order valence-corrected chi connectivity index (χ4v) is 3.68. The summed E-state index contributed by atoms with van der Waals surface area (Å²) in [6.07, 6.45) is 3.51. The van der Waals surface area contributed by atoms with Crippen LogP contribution in [0.5, 0.6) is 0 Å². The van der Waals surface area contributed by atoms with E-state index in [9.17, 15) is 8.42 Å². The lowest BCUT2D eigenvalue weighted by atomic mass is 9.94. The molecule has 1 saturated carbocycles. The number of benzene rings is 1. The van der Waals surface area contributed by atoms with Crippen molar-refractivity contribution in [3.8, 4) is 0 Å². The summed E-state index contributed by atoms with van der Waals surface area (Å²) in [5, 5.41) is 0. The molecule has 1 aliphatic carbocycles. The van der Waals surface area contributed by atoms with E-state index in [1.54, 1.807) is 31.3 Å². The van der Waals surface area contributed by atoms with Crippen molar-refractivity contribution in [2.24, 2.45) is 5.73 Å². The summed E-state index contributed by atoms with van der Waals surface area (Å²) in [4.78, 5) is 0.732. The Kier molecular flexibility index (Phi) is 4.23. The minimum absolute atomic E-state index is 0.154. The molecule has 0 amide bonds. The van der Waals surface area contributed by atoms with Crippen molar-refractivity contribution in [1.82, 2.24) is 4.31 Å². The third kappa shape index (κ3) is 3.13. The Bertz CT molecular complexity index is 563. The molecule has 0 unspecified atom stereocenters. The molecule has 0 heterocycles. The minimum Gasteiger partial charge on any atom is -0.393 e. The molecule has 0 atom stereocenters. The van der Waals surface area contributed by atoms with E-state index in [-0.39, 0.29) is 6.04 Å². The van der Waals surface area contributed by atoms with E-state index < -0.39 is 10.0 Å². The Labute approximate surface area is 119 Å². The van der Waals surface area contributed by atoms with E-state index in [1.807, 2.05) is 0 Å². The van der Waals surface area contributed by atoms with Gasteiger partial charge in [-0.25, -0.2) is 8.42 Å². The third-order valence-electron chi connectivity index (χ3n) is 3.57. The lowest BCUT2D eigenvalue weighted by molar-refractivity contribution is 0.249. The van der Waals surface area contributed by atoms with Crippen molar-refractivity contribution in [3.63, 3.8) is 0 Å². The molecule has 1 aromatic carbocycles. The van der Waals surface area contributed by atoms with Crippen molar-refractivity contribution in [2.45, 2.75) is 36.6 Å². The lowest BCUT2D eigenvalue weighted by Crippen LogP contribution is -2.41. The topological polar surface area (TPSA) is 63.4 Å². The molecule has 19 heavy (non-hydrogen) atoms. The van der Waals surface area contributed by atoms with Crippen LogP contribution >= 0.6 is 12.2 Å². The first-order valence-corrected chi connectivity index (χ1v) is 8.11. The second-order valence-corrected chi connectivity index (χ2v) is 7.41. The molecule has 0 aromatic heterocycles. The summed E-state index contributed by atoms with van der Waals surface area (Å²) < 4.78 is 26.2. The van der Waals surface area contributed by atoms with Crippen LogP contribution in [0.3, 0.4) is 0 Å². The van der Waals surface area contributed by atoms with E-state index in [0.717, 1.165) is 24.8 Å². The van der Waals surface area contributed by atoms with Gasteiger partial charge in [-0.1, -0.05) is 30.8 Å². The number of nitrogens with zero attached hydrogens (tertiary/aromatic N) is 1. The van der Waals surface area contributed by atoms with Gasteiger partial charge in [-0.05, 0) is 30.5 Å². The predicted molar refractivity (Wildman–Crippen MR) is 79.5 cm³/mol. The molecule has 2 N–H and O–H groups in total. The zero-order valence-corrected chi connectivity index (χ0v) is 12.5. The molecule has 2 rings (SSSR count). The summed E-state index contributed by atoms with van der Waals surface area (Å²) in [6.45, 7) is 0. The molecule has 1 aromatic rings. The Morgan fingerprint density at radius 2 is 1.95 bits per heavy atom. The standard InChI is InChI=1S/C13H18N2O2S2/c1-15(11-3-2-4-11)19(16,17)12-7-5-10(6-8-12)9-13(14)18/h5-8,11H,2-4,9H2,1H3,(H2,14,18). The first-order chi connectivity index (χ1) is 8.91. The number of sulfonamides is 1. The highest BCUT2D eigenvalue weighted by atomic mass is 32.2. The van der Waals surface area contributed by atoms with Crippen LogP contribution in [-0.2, 0) is 16.4 Å². The number of rotatable bonds is 5. The molecule has 0 aliphatic heterocycles.